The Bertz CT molecular complexity index is 708. The van der Waals surface area contributed by atoms with Gasteiger partial charge in [0.2, 0.25) is 0 Å². The van der Waals surface area contributed by atoms with Gasteiger partial charge in [0.1, 0.15) is 11.5 Å². The molecule has 2 heteroatoms. The van der Waals surface area contributed by atoms with Crippen LogP contribution in [0.2, 0.25) is 0 Å². The lowest BCUT2D eigenvalue weighted by atomic mass is 9.89. The Morgan fingerprint density at radius 2 is 2.00 bits per heavy atom. The van der Waals surface area contributed by atoms with E-state index in [1.54, 1.807) is 19.2 Å². The molecule has 1 atom stereocenters. The second-order valence-electron chi connectivity index (χ2n) is 5.37. The lowest BCUT2D eigenvalue weighted by Gasteiger charge is -2.14. The van der Waals surface area contributed by atoms with Gasteiger partial charge in [-0.2, -0.15) is 0 Å². The first kappa shape index (κ1) is 16.6. The van der Waals surface area contributed by atoms with Crippen LogP contribution in [0.5, 0.6) is 11.5 Å². The van der Waals surface area contributed by atoms with Crippen molar-refractivity contribution in [3.63, 3.8) is 0 Å². The third kappa shape index (κ3) is 4.59. The van der Waals surface area contributed by atoms with Gasteiger partial charge in [-0.15, -0.1) is 0 Å². The van der Waals surface area contributed by atoms with E-state index in [1.807, 2.05) is 49.4 Å². The molecular weight excluding hydrogens is 284 g/mol. The van der Waals surface area contributed by atoms with E-state index in [0.29, 0.717) is 12.2 Å². The minimum absolute atomic E-state index is 0.122. The number of phenolic OH excluding ortho intramolecular Hbond substituents is 1. The number of allylic oxidation sites excluding steroid dienone is 1. The van der Waals surface area contributed by atoms with Crippen molar-refractivity contribution in [3.05, 3.63) is 78.2 Å². The van der Waals surface area contributed by atoms with Gasteiger partial charge in [-0.1, -0.05) is 30.0 Å². The van der Waals surface area contributed by atoms with Crippen molar-refractivity contribution in [1.82, 2.24) is 0 Å². The molecule has 0 aromatic heterocycles. The molecule has 2 nitrogen and oxygen atoms in total. The van der Waals surface area contributed by atoms with Gasteiger partial charge in [-0.3, -0.25) is 0 Å². The first-order chi connectivity index (χ1) is 11.1. The zero-order valence-corrected chi connectivity index (χ0v) is 13.5. The summed E-state index contributed by atoms with van der Waals surface area (Å²) in [5, 5.41) is 10.2. The average molecular weight is 305 g/mol. The summed E-state index contributed by atoms with van der Waals surface area (Å²) in [6.45, 7) is 5.82. The van der Waals surface area contributed by atoms with Gasteiger partial charge >= 0.3 is 0 Å². The minimum atomic E-state index is -0.122. The summed E-state index contributed by atoms with van der Waals surface area (Å²) < 4.78 is 5.27. The Kier molecular flexibility index (Phi) is 5.77. The highest BCUT2D eigenvalue weighted by Gasteiger charge is 2.19. The summed E-state index contributed by atoms with van der Waals surface area (Å²) in [5.74, 6) is 8.41. The smallest absolute Gasteiger partial charge is 0.120 e. The highest BCUT2D eigenvalue weighted by atomic mass is 16.5. The topological polar surface area (TPSA) is 29.5 Å². The standard InChI is InChI=1S/C21H20O2/c1-4-16(2)14-18(11-10-17-8-6-5-7-9-17)20-15-19(23-3)12-13-21(20)22/h4-9,12-13,15,18H,1,14H2,2-3H3/p+1/t18-/m0/s1. The number of hydrogen-bond acceptors (Lipinski definition) is 2. The summed E-state index contributed by atoms with van der Waals surface area (Å²) in [5.41, 5.74) is 1.73. The number of phenols is 1. The summed E-state index contributed by atoms with van der Waals surface area (Å²) >= 11 is 0. The van der Waals surface area contributed by atoms with Crippen LogP contribution in [0.4, 0.5) is 0 Å². The van der Waals surface area contributed by atoms with Crippen molar-refractivity contribution < 1.29 is 9.84 Å². The van der Waals surface area contributed by atoms with Crippen LogP contribution in [0.3, 0.4) is 0 Å². The van der Waals surface area contributed by atoms with Crippen LogP contribution in [0.1, 0.15) is 30.4 Å². The predicted octanol–water partition coefficient (Wildman–Crippen LogP) is 4.71. The van der Waals surface area contributed by atoms with E-state index in [2.05, 4.69) is 18.4 Å². The van der Waals surface area contributed by atoms with Gasteiger partial charge < -0.3 is 9.84 Å². The van der Waals surface area contributed by atoms with Crippen LogP contribution < -0.4 is 4.74 Å². The number of ether oxygens (including phenoxy) is 1. The second kappa shape index (κ2) is 8.00. The third-order valence-corrected chi connectivity index (χ3v) is 3.65. The van der Waals surface area contributed by atoms with E-state index >= 15 is 0 Å². The van der Waals surface area contributed by atoms with Crippen molar-refractivity contribution in [2.75, 3.05) is 7.11 Å². The Morgan fingerprint density at radius 1 is 1.26 bits per heavy atom. The van der Waals surface area contributed by atoms with Crippen LogP contribution in [0.25, 0.3) is 0 Å². The first-order valence-corrected chi connectivity index (χ1v) is 7.52. The van der Waals surface area contributed by atoms with Crippen LogP contribution in [-0.4, -0.2) is 12.2 Å². The quantitative estimate of drug-likeness (QED) is 0.640. The molecule has 2 rings (SSSR count). The summed E-state index contributed by atoms with van der Waals surface area (Å²) in [6, 6.07) is 15.1. The lowest BCUT2D eigenvalue weighted by molar-refractivity contribution is 0.410. The average Bonchev–Trinajstić information content (AvgIpc) is 2.60. The molecule has 0 saturated heterocycles. The molecule has 116 valence electrons. The van der Waals surface area contributed by atoms with Gasteiger partial charge in [0.15, 0.2) is 0 Å². The van der Waals surface area contributed by atoms with Crippen molar-refractivity contribution >= 4 is 0 Å². The lowest BCUT2D eigenvalue weighted by Crippen LogP contribution is -2.01. The van der Waals surface area contributed by atoms with E-state index in [0.717, 1.165) is 17.0 Å². The van der Waals surface area contributed by atoms with Crippen molar-refractivity contribution in [2.24, 2.45) is 0 Å². The van der Waals surface area contributed by atoms with E-state index in [4.69, 9.17) is 4.74 Å². The Labute approximate surface area is 138 Å². The van der Waals surface area contributed by atoms with Crippen LogP contribution in [0.15, 0.2) is 61.2 Å². The molecule has 0 amide bonds. The number of rotatable bonds is 5. The highest BCUT2D eigenvalue weighted by molar-refractivity contribution is 5.47. The van der Waals surface area contributed by atoms with Gasteiger partial charge in [0.25, 0.3) is 0 Å². The van der Waals surface area contributed by atoms with E-state index in [-0.39, 0.29) is 11.7 Å². The fraction of sp³-hybridized carbons (Fsp3) is 0.190. The maximum absolute atomic E-state index is 10.2. The molecule has 23 heavy (non-hydrogen) atoms. The molecular formula is C21H21O2+. The summed E-state index contributed by atoms with van der Waals surface area (Å²) in [7, 11) is 1.61. The molecule has 0 heterocycles. The van der Waals surface area contributed by atoms with Crippen molar-refractivity contribution in [3.8, 4) is 23.3 Å². The minimum Gasteiger partial charge on any atom is -0.508 e. The van der Waals surface area contributed by atoms with Crippen LogP contribution in [-0.2, 0) is 0 Å². The fourth-order valence-corrected chi connectivity index (χ4v) is 2.27. The Balaban J connectivity index is 2.38. The molecule has 0 saturated carbocycles. The second-order valence-corrected chi connectivity index (χ2v) is 5.37. The predicted molar refractivity (Wildman–Crippen MR) is 94.5 cm³/mol. The van der Waals surface area contributed by atoms with Gasteiger partial charge in [0.05, 0.1) is 31.4 Å². The van der Waals surface area contributed by atoms with Crippen molar-refractivity contribution in [1.29, 1.82) is 0 Å². The maximum atomic E-state index is 10.2. The highest BCUT2D eigenvalue weighted by Crippen LogP contribution is 2.34. The molecule has 0 aliphatic rings. The largest absolute Gasteiger partial charge is 0.508 e. The zero-order chi connectivity index (χ0) is 16.7. The maximum Gasteiger partial charge on any atom is 0.120 e. The Hall–Kier alpha value is -2.79. The van der Waals surface area contributed by atoms with Crippen LogP contribution in [0, 0.1) is 17.8 Å². The first-order valence-electron chi connectivity index (χ1n) is 7.52. The number of aromatic hydroxyl groups is 1. The molecule has 0 radical (unpaired) electrons. The number of methoxy groups -OCH3 is 1. The molecule has 1 N–H and O–H groups in total. The molecule has 2 aromatic carbocycles. The normalized spacial score (nSPS) is 11.0. The molecule has 0 unspecified atom stereocenters. The molecule has 0 spiro atoms. The molecule has 2 aromatic rings. The summed E-state index contributed by atoms with van der Waals surface area (Å²) in [6.07, 6.45) is 2.54. The number of benzene rings is 2. The number of hydrogen-bond donors (Lipinski definition) is 1. The SMILES string of the molecule is C=C[C+](C)C[C@H](C#Cc1ccccc1)c1cc(OC)ccc1O. The molecule has 0 aliphatic heterocycles. The summed E-state index contributed by atoms with van der Waals surface area (Å²) in [4.78, 5) is 0. The van der Waals surface area contributed by atoms with E-state index < -0.39 is 0 Å². The monoisotopic (exact) mass is 305 g/mol. The van der Waals surface area contributed by atoms with Crippen molar-refractivity contribution in [2.45, 2.75) is 19.3 Å². The van der Waals surface area contributed by atoms with E-state index in [1.165, 1.54) is 0 Å². The fourth-order valence-electron chi connectivity index (χ4n) is 2.27. The third-order valence-electron chi connectivity index (χ3n) is 3.65. The van der Waals surface area contributed by atoms with Crippen LogP contribution >= 0.6 is 0 Å². The van der Waals surface area contributed by atoms with Gasteiger partial charge in [0, 0.05) is 24.6 Å². The molecule has 0 bridgehead atoms. The van der Waals surface area contributed by atoms with Gasteiger partial charge in [-0.05, 0) is 30.3 Å². The molecule has 0 fully saturated rings. The zero-order valence-electron chi connectivity index (χ0n) is 13.5. The Morgan fingerprint density at radius 3 is 2.65 bits per heavy atom. The van der Waals surface area contributed by atoms with Gasteiger partial charge in [-0.25, -0.2) is 0 Å². The van der Waals surface area contributed by atoms with E-state index in [9.17, 15) is 5.11 Å². The molecule has 0 aliphatic carbocycles.